The van der Waals surface area contributed by atoms with Crippen LogP contribution in [-0.2, 0) is 0 Å². The van der Waals surface area contributed by atoms with Gasteiger partial charge in [0.1, 0.15) is 0 Å². The Morgan fingerprint density at radius 3 is 2.68 bits per heavy atom. The fourth-order valence-corrected chi connectivity index (χ4v) is 3.57. The van der Waals surface area contributed by atoms with Gasteiger partial charge in [0.15, 0.2) is 0 Å². The summed E-state index contributed by atoms with van der Waals surface area (Å²) in [5, 5.41) is 12.8. The lowest BCUT2D eigenvalue weighted by molar-refractivity contribution is 0.139. The van der Waals surface area contributed by atoms with Gasteiger partial charge in [-0.3, -0.25) is 0 Å². The summed E-state index contributed by atoms with van der Waals surface area (Å²) in [6.45, 7) is 0.252. The molecule has 1 fully saturated rings. The van der Waals surface area contributed by atoms with Gasteiger partial charge in [-0.2, -0.15) is 0 Å². The highest BCUT2D eigenvalue weighted by Crippen LogP contribution is 2.30. The third-order valence-corrected chi connectivity index (χ3v) is 5.38. The van der Waals surface area contributed by atoms with Crippen molar-refractivity contribution in [1.29, 1.82) is 0 Å². The number of nitrogens with zero attached hydrogens (tertiary/aromatic N) is 1. The number of hydrogen-bond donors (Lipinski definition) is 2. The van der Waals surface area contributed by atoms with Crippen molar-refractivity contribution >= 4 is 35.1 Å². The topological polar surface area (TPSA) is 52.6 Å². The summed E-state index contributed by atoms with van der Waals surface area (Å²) in [7, 11) is 1.84. The number of nitrogens with one attached hydrogen (secondary N) is 1. The van der Waals surface area contributed by atoms with Crippen molar-refractivity contribution in [1.82, 2.24) is 4.90 Å². The molecule has 122 valence electrons. The van der Waals surface area contributed by atoms with E-state index in [1.807, 2.05) is 25.4 Å². The molecule has 1 aromatic carbocycles. The zero-order valence-electron chi connectivity index (χ0n) is 13.0. The molecule has 0 spiro atoms. The maximum Gasteiger partial charge on any atom is 0.321 e. The lowest BCUT2D eigenvalue weighted by atomic mass is 9.86. The maximum atomic E-state index is 12.5. The molecular weight excluding hydrogens is 320 g/mol. The van der Waals surface area contributed by atoms with Gasteiger partial charge in [-0.1, -0.05) is 11.6 Å². The highest BCUT2D eigenvalue weighted by molar-refractivity contribution is 7.98. The molecule has 2 amide bonds. The number of urea groups is 1. The molecule has 2 N–H and O–H groups in total. The molecule has 1 saturated carbocycles. The second-order valence-corrected chi connectivity index (χ2v) is 7.03. The number of halogens is 1. The van der Waals surface area contributed by atoms with Crippen molar-refractivity contribution in [3.63, 3.8) is 0 Å². The van der Waals surface area contributed by atoms with E-state index in [1.54, 1.807) is 22.7 Å². The van der Waals surface area contributed by atoms with Crippen LogP contribution in [0, 0.1) is 5.92 Å². The van der Waals surface area contributed by atoms with E-state index in [4.69, 9.17) is 11.6 Å². The summed E-state index contributed by atoms with van der Waals surface area (Å²) in [6, 6.07) is 5.64. The molecular formula is C16H23ClN2O2S. The number of benzene rings is 1. The zero-order chi connectivity index (χ0) is 16.1. The Morgan fingerprint density at radius 2 is 2.09 bits per heavy atom. The molecule has 1 aliphatic rings. The van der Waals surface area contributed by atoms with Crippen molar-refractivity contribution in [3.8, 4) is 0 Å². The van der Waals surface area contributed by atoms with Crippen LogP contribution < -0.4 is 5.32 Å². The van der Waals surface area contributed by atoms with Gasteiger partial charge in [-0.05, 0) is 56.1 Å². The highest BCUT2D eigenvalue weighted by Gasteiger charge is 2.26. The largest absolute Gasteiger partial charge is 0.396 e. The van der Waals surface area contributed by atoms with E-state index in [9.17, 15) is 9.90 Å². The van der Waals surface area contributed by atoms with Gasteiger partial charge in [0.25, 0.3) is 0 Å². The standard InChI is InChI=1S/C16H23ClN2O2S/c1-19(13-6-3-11(10-20)4-7-13)16(21)18-14-9-12(17)5-8-15(14)22-2/h5,8-9,11,13,20H,3-4,6-7,10H2,1-2H3,(H,18,21). The summed E-state index contributed by atoms with van der Waals surface area (Å²) in [5.74, 6) is 0.392. The molecule has 4 nitrogen and oxygen atoms in total. The van der Waals surface area contributed by atoms with Crippen LogP contribution in [0.25, 0.3) is 0 Å². The first-order chi connectivity index (χ1) is 10.5. The summed E-state index contributed by atoms with van der Waals surface area (Å²) in [5.41, 5.74) is 0.751. The quantitative estimate of drug-likeness (QED) is 0.811. The minimum atomic E-state index is -0.106. The Morgan fingerprint density at radius 1 is 1.41 bits per heavy atom. The summed E-state index contributed by atoms with van der Waals surface area (Å²) in [4.78, 5) is 15.2. The molecule has 0 unspecified atom stereocenters. The van der Waals surface area contributed by atoms with Gasteiger partial charge in [-0.25, -0.2) is 4.79 Å². The van der Waals surface area contributed by atoms with Gasteiger partial charge in [0.2, 0.25) is 0 Å². The van der Waals surface area contributed by atoms with E-state index in [-0.39, 0.29) is 18.7 Å². The van der Waals surface area contributed by atoms with E-state index in [2.05, 4.69) is 5.32 Å². The van der Waals surface area contributed by atoms with Crippen molar-refractivity contribution in [2.24, 2.45) is 5.92 Å². The van der Waals surface area contributed by atoms with Crippen LogP contribution in [0.15, 0.2) is 23.1 Å². The number of hydrogen-bond acceptors (Lipinski definition) is 3. The van der Waals surface area contributed by atoms with E-state index >= 15 is 0 Å². The van der Waals surface area contributed by atoms with E-state index < -0.39 is 0 Å². The van der Waals surface area contributed by atoms with Crippen LogP contribution in [0.2, 0.25) is 5.02 Å². The van der Waals surface area contributed by atoms with E-state index in [0.717, 1.165) is 36.3 Å². The molecule has 0 saturated heterocycles. The minimum Gasteiger partial charge on any atom is -0.396 e. The number of thioether (sulfide) groups is 1. The number of amides is 2. The van der Waals surface area contributed by atoms with Crippen LogP contribution in [0.4, 0.5) is 10.5 Å². The highest BCUT2D eigenvalue weighted by atomic mass is 35.5. The average molecular weight is 343 g/mol. The number of anilines is 1. The van der Waals surface area contributed by atoms with Crippen molar-refractivity contribution in [2.45, 2.75) is 36.6 Å². The number of aliphatic hydroxyl groups is 1. The first-order valence-electron chi connectivity index (χ1n) is 7.53. The van der Waals surface area contributed by atoms with Crippen LogP contribution in [0.3, 0.4) is 0 Å². The van der Waals surface area contributed by atoms with Gasteiger partial charge in [0, 0.05) is 29.6 Å². The number of rotatable bonds is 4. The van der Waals surface area contributed by atoms with Crippen LogP contribution >= 0.6 is 23.4 Å². The third kappa shape index (κ3) is 4.31. The molecule has 0 radical (unpaired) electrons. The Balaban J connectivity index is 1.98. The number of carbonyl (C=O) groups excluding carboxylic acids is 1. The Bertz CT molecular complexity index is 519. The van der Waals surface area contributed by atoms with E-state index in [0.29, 0.717) is 10.9 Å². The molecule has 0 heterocycles. The van der Waals surface area contributed by atoms with Crippen LogP contribution in [0.5, 0.6) is 0 Å². The molecule has 0 bridgehead atoms. The number of carbonyl (C=O) groups is 1. The predicted octanol–water partition coefficient (Wildman–Crippen LogP) is 4.08. The molecule has 6 heteroatoms. The van der Waals surface area contributed by atoms with Gasteiger partial charge in [0.05, 0.1) is 5.69 Å². The van der Waals surface area contributed by atoms with Gasteiger partial charge in [-0.15, -0.1) is 11.8 Å². The van der Waals surface area contributed by atoms with Crippen LogP contribution in [-0.4, -0.2) is 42.0 Å². The van der Waals surface area contributed by atoms with Crippen LogP contribution in [0.1, 0.15) is 25.7 Å². The number of aliphatic hydroxyl groups excluding tert-OH is 1. The second kappa shape index (κ2) is 8.09. The maximum absolute atomic E-state index is 12.5. The fourth-order valence-electron chi connectivity index (χ4n) is 2.86. The summed E-state index contributed by atoms with van der Waals surface area (Å²) >= 11 is 7.60. The summed E-state index contributed by atoms with van der Waals surface area (Å²) in [6.07, 6.45) is 5.82. The Kier molecular flexibility index (Phi) is 6.41. The normalized spacial score (nSPS) is 21.5. The zero-order valence-corrected chi connectivity index (χ0v) is 14.6. The first kappa shape index (κ1) is 17.4. The SMILES string of the molecule is CSc1ccc(Cl)cc1NC(=O)N(C)C1CCC(CO)CC1. The molecule has 0 aromatic heterocycles. The monoisotopic (exact) mass is 342 g/mol. The minimum absolute atomic E-state index is 0.106. The van der Waals surface area contributed by atoms with Gasteiger partial charge >= 0.3 is 6.03 Å². The molecule has 1 aliphatic carbocycles. The summed E-state index contributed by atoms with van der Waals surface area (Å²) < 4.78 is 0. The fraction of sp³-hybridized carbons (Fsp3) is 0.562. The van der Waals surface area contributed by atoms with Gasteiger partial charge < -0.3 is 15.3 Å². The molecule has 22 heavy (non-hydrogen) atoms. The Labute approximate surface area is 141 Å². The smallest absolute Gasteiger partial charge is 0.321 e. The van der Waals surface area contributed by atoms with Crippen molar-refractivity contribution in [2.75, 3.05) is 25.2 Å². The Hall–Kier alpha value is -0.910. The molecule has 0 aliphatic heterocycles. The lowest BCUT2D eigenvalue weighted by Crippen LogP contribution is -2.42. The molecule has 0 atom stereocenters. The average Bonchev–Trinajstić information content (AvgIpc) is 2.54. The van der Waals surface area contributed by atoms with Crippen molar-refractivity contribution < 1.29 is 9.90 Å². The van der Waals surface area contributed by atoms with E-state index in [1.165, 1.54) is 0 Å². The second-order valence-electron chi connectivity index (χ2n) is 5.74. The predicted molar refractivity (Wildman–Crippen MR) is 92.8 cm³/mol. The third-order valence-electron chi connectivity index (χ3n) is 4.35. The first-order valence-corrected chi connectivity index (χ1v) is 9.13. The molecule has 2 rings (SSSR count). The molecule has 1 aromatic rings. The lowest BCUT2D eigenvalue weighted by Gasteiger charge is -2.34. The van der Waals surface area contributed by atoms with Crippen molar-refractivity contribution in [3.05, 3.63) is 23.2 Å².